The van der Waals surface area contributed by atoms with Crippen LogP contribution >= 0.6 is 0 Å². The van der Waals surface area contributed by atoms with Crippen molar-refractivity contribution in [2.75, 3.05) is 67.7 Å². The van der Waals surface area contributed by atoms with E-state index in [2.05, 4.69) is 15.1 Å². The lowest BCUT2D eigenvalue weighted by atomic mass is 10.1. The Labute approximate surface area is 148 Å². The molecule has 7 nitrogen and oxygen atoms in total. The SMILES string of the molecule is CC(C)(O)C(=O)Nc1c(N2CCOCC2)cccc1N1CCOCC1. The maximum Gasteiger partial charge on any atom is 0.255 e. The number of para-hydroxylation sites is 1. The number of aliphatic hydroxyl groups is 1. The molecule has 2 N–H and O–H groups in total. The van der Waals surface area contributed by atoms with Crippen molar-refractivity contribution in [3.05, 3.63) is 18.2 Å². The van der Waals surface area contributed by atoms with Gasteiger partial charge in [0.15, 0.2) is 0 Å². The van der Waals surface area contributed by atoms with Gasteiger partial charge < -0.3 is 29.7 Å². The van der Waals surface area contributed by atoms with E-state index < -0.39 is 11.5 Å². The summed E-state index contributed by atoms with van der Waals surface area (Å²) in [6.07, 6.45) is 0. The standard InChI is InChI=1S/C18H27N3O4/c1-18(2,23)17(22)19-16-14(20-6-10-24-11-7-20)4-3-5-15(16)21-8-12-25-13-9-21/h3-5,23H,6-13H2,1-2H3,(H,19,22). The molecule has 0 saturated carbocycles. The van der Waals surface area contributed by atoms with Gasteiger partial charge in [-0.1, -0.05) is 6.07 Å². The van der Waals surface area contributed by atoms with Crippen LogP contribution in [-0.4, -0.2) is 69.2 Å². The summed E-state index contributed by atoms with van der Waals surface area (Å²) < 4.78 is 10.9. The van der Waals surface area contributed by atoms with Gasteiger partial charge in [0.25, 0.3) is 5.91 Å². The van der Waals surface area contributed by atoms with Gasteiger partial charge in [0, 0.05) is 26.2 Å². The highest BCUT2D eigenvalue weighted by molar-refractivity contribution is 6.02. The Hall–Kier alpha value is -1.83. The van der Waals surface area contributed by atoms with Crippen LogP contribution in [0.15, 0.2) is 18.2 Å². The number of morpholine rings is 2. The Morgan fingerprint density at radius 2 is 1.44 bits per heavy atom. The predicted molar refractivity (Wildman–Crippen MR) is 97.4 cm³/mol. The number of carbonyl (C=O) groups is 1. The molecule has 0 unspecified atom stereocenters. The third-order valence-corrected chi connectivity index (χ3v) is 4.52. The van der Waals surface area contributed by atoms with E-state index in [9.17, 15) is 9.90 Å². The molecular weight excluding hydrogens is 322 g/mol. The van der Waals surface area contributed by atoms with Gasteiger partial charge in [-0.05, 0) is 26.0 Å². The van der Waals surface area contributed by atoms with Crippen LogP contribution in [-0.2, 0) is 14.3 Å². The summed E-state index contributed by atoms with van der Waals surface area (Å²) in [5.41, 5.74) is 1.23. The first-order chi connectivity index (χ1) is 12.0. The summed E-state index contributed by atoms with van der Waals surface area (Å²) in [7, 11) is 0. The van der Waals surface area contributed by atoms with E-state index in [1.165, 1.54) is 13.8 Å². The number of nitrogens with one attached hydrogen (secondary N) is 1. The first-order valence-electron chi connectivity index (χ1n) is 8.79. The summed E-state index contributed by atoms with van der Waals surface area (Å²) in [5, 5.41) is 13.0. The summed E-state index contributed by atoms with van der Waals surface area (Å²) in [6.45, 7) is 8.76. The van der Waals surface area contributed by atoms with Crippen LogP contribution in [0.25, 0.3) is 0 Å². The van der Waals surface area contributed by atoms with E-state index >= 15 is 0 Å². The molecular formula is C18H27N3O4. The Morgan fingerprint density at radius 1 is 1.00 bits per heavy atom. The average Bonchev–Trinajstić information content (AvgIpc) is 2.62. The van der Waals surface area contributed by atoms with Gasteiger partial charge in [0.2, 0.25) is 0 Å². The molecule has 2 aliphatic heterocycles. The zero-order chi connectivity index (χ0) is 17.9. The topological polar surface area (TPSA) is 74.3 Å². The quantitative estimate of drug-likeness (QED) is 0.847. The van der Waals surface area contributed by atoms with Crippen LogP contribution in [0, 0.1) is 0 Å². The summed E-state index contributed by atoms with van der Waals surface area (Å²) in [4.78, 5) is 16.9. The highest BCUT2D eigenvalue weighted by atomic mass is 16.5. The molecule has 1 aromatic rings. The van der Waals surface area contributed by atoms with Gasteiger partial charge in [0.05, 0.1) is 43.5 Å². The average molecular weight is 349 g/mol. The summed E-state index contributed by atoms with van der Waals surface area (Å²) in [5.74, 6) is -0.414. The summed E-state index contributed by atoms with van der Waals surface area (Å²) >= 11 is 0. The van der Waals surface area contributed by atoms with E-state index in [1.807, 2.05) is 18.2 Å². The van der Waals surface area contributed by atoms with Crippen LogP contribution in [0.4, 0.5) is 17.1 Å². The number of anilines is 3. The Bertz CT molecular complexity index is 567. The van der Waals surface area contributed by atoms with Crippen LogP contribution in [0.2, 0.25) is 0 Å². The second-order valence-corrected chi connectivity index (χ2v) is 6.88. The third-order valence-electron chi connectivity index (χ3n) is 4.52. The van der Waals surface area contributed by atoms with Crippen LogP contribution < -0.4 is 15.1 Å². The maximum absolute atomic E-state index is 12.5. The number of nitrogens with zero attached hydrogens (tertiary/aromatic N) is 2. The minimum atomic E-state index is -1.44. The molecule has 1 amide bonds. The van der Waals surface area contributed by atoms with Gasteiger partial charge >= 0.3 is 0 Å². The van der Waals surface area contributed by atoms with Crippen LogP contribution in [0.3, 0.4) is 0 Å². The van der Waals surface area contributed by atoms with Gasteiger partial charge in [-0.2, -0.15) is 0 Å². The molecule has 2 saturated heterocycles. The Kier molecular flexibility index (Phi) is 5.46. The molecule has 25 heavy (non-hydrogen) atoms. The van der Waals surface area contributed by atoms with Crippen LogP contribution in [0.1, 0.15) is 13.8 Å². The fourth-order valence-corrected chi connectivity index (χ4v) is 3.06. The molecule has 0 radical (unpaired) electrons. The van der Waals surface area contributed by atoms with Crippen molar-refractivity contribution in [3.8, 4) is 0 Å². The molecule has 3 rings (SSSR count). The lowest BCUT2D eigenvalue weighted by molar-refractivity contribution is -0.130. The molecule has 7 heteroatoms. The number of hydrogen-bond donors (Lipinski definition) is 2. The highest BCUT2D eigenvalue weighted by Crippen LogP contribution is 2.37. The smallest absolute Gasteiger partial charge is 0.255 e. The lowest BCUT2D eigenvalue weighted by Gasteiger charge is -2.35. The van der Waals surface area contributed by atoms with Gasteiger partial charge in [-0.15, -0.1) is 0 Å². The van der Waals surface area contributed by atoms with Crippen molar-refractivity contribution in [2.45, 2.75) is 19.4 Å². The second-order valence-electron chi connectivity index (χ2n) is 6.88. The number of carbonyl (C=O) groups excluding carboxylic acids is 1. The molecule has 0 atom stereocenters. The van der Waals surface area contributed by atoms with E-state index in [-0.39, 0.29) is 0 Å². The number of rotatable bonds is 4. The zero-order valence-electron chi connectivity index (χ0n) is 15.0. The van der Waals surface area contributed by atoms with Crippen molar-refractivity contribution >= 4 is 23.0 Å². The van der Waals surface area contributed by atoms with Crippen molar-refractivity contribution in [2.24, 2.45) is 0 Å². The zero-order valence-corrected chi connectivity index (χ0v) is 15.0. The molecule has 0 aliphatic carbocycles. The second kappa shape index (κ2) is 7.59. The number of hydrogen-bond acceptors (Lipinski definition) is 6. The van der Waals surface area contributed by atoms with Gasteiger partial charge in [0.1, 0.15) is 5.60 Å². The molecule has 0 spiro atoms. The van der Waals surface area contributed by atoms with Crippen LogP contribution in [0.5, 0.6) is 0 Å². The molecule has 0 aromatic heterocycles. The van der Waals surface area contributed by atoms with E-state index in [4.69, 9.17) is 9.47 Å². The Morgan fingerprint density at radius 3 is 1.84 bits per heavy atom. The predicted octanol–water partition coefficient (Wildman–Crippen LogP) is 1.07. The monoisotopic (exact) mass is 349 g/mol. The first kappa shape index (κ1) is 18.0. The third kappa shape index (κ3) is 4.23. The first-order valence-corrected chi connectivity index (χ1v) is 8.79. The fraction of sp³-hybridized carbons (Fsp3) is 0.611. The molecule has 1 aromatic carbocycles. The molecule has 2 heterocycles. The lowest BCUT2D eigenvalue weighted by Crippen LogP contribution is -2.41. The van der Waals surface area contributed by atoms with E-state index in [1.54, 1.807) is 0 Å². The number of amides is 1. The molecule has 0 bridgehead atoms. The van der Waals surface area contributed by atoms with E-state index in [0.717, 1.165) is 43.2 Å². The molecule has 2 aliphatic rings. The van der Waals surface area contributed by atoms with E-state index in [0.29, 0.717) is 26.4 Å². The largest absolute Gasteiger partial charge is 0.381 e. The van der Waals surface area contributed by atoms with Crippen molar-refractivity contribution in [3.63, 3.8) is 0 Å². The van der Waals surface area contributed by atoms with Crippen molar-refractivity contribution in [1.82, 2.24) is 0 Å². The molecule has 138 valence electrons. The maximum atomic E-state index is 12.5. The van der Waals surface area contributed by atoms with Gasteiger partial charge in [-0.3, -0.25) is 4.79 Å². The highest BCUT2D eigenvalue weighted by Gasteiger charge is 2.28. The molecule has 2 fully saturated rings. The minimum absolute atomic E-state index is 0.414. The van der Waals surface area contributed by atoms with Crippen molar-refractivity contribution < 1.29 is 19.4 Å². The minimum Gasteiger partial charge on any atom is -0.381 e. The van der Waals surface area contributed by atoms with Crippen molar-refractivity contribution in [1.29, 1.82) is 0 Å². The number of ether oxygens (including phenoxy) is 2. The normalized spacial score (nSPS) is 19.0. The summed E-state index contributed by atoms with van der Waals surface area (Å²) in [6, 6.07) is 6.03. The Balaban J connectivity index is 1.97. The number of benzene rings is 1. The van der Waals surface area contributed by atoms with Gasteiger partial charge in [-0.25, -0.2) is 0 Å². The fourth-order valence-electron chi connectivity index (χ4n) is 3.06.